The molecule has 0 unspecified atom stereocenters. The quantitative estimate of drug-likeness (QED) is 0.489. The second-order valence-corrected chi connectivity index (χ2v) is 2.37. The minimum Gasteiger partial charge on any atom is -0.460 e. The lowest BCUT2D eigenvalue weighted by atomic mass is 10.1. The highest BCUT2D eigenvalue weighted by Gasteiger charge is 2.28. The van der Waals surface area contributed by atoms with Crippen LogP contribution in [0.3, 0.4) is 0 Å². The second-order valence-electron chi connectivity index (χ2n) is 2.37. The largest absolute Gasteiger partial charge is 0.460 e. The van der Waals surface area contributed by atoms with Gasteiger partial charge in [0.1, 0.15) is 12.2 Å². The molecule has 58 valence electrons. The van der Waals surface area contributed by atoms with E-state index in [2.05, 4.69) is 0 Å². The van der Waals surface area contributed by atoms with E-state index in [0.29, 0.717) is 12.8 Å². The fourth-order valence-electron chi connectivity index (χ4n) is 0.970. The molecule has 0 aromatic heterocycles. The summed E-state index contributed by atoms with van der Waals surface area (Å²) in [6.45, 7) is 0.151. The van der Waals surface area contributed by atoms with Gasteiger partial charge in [0, 0.05) is 13.0 Å². The van der Waals surface area contributed by atoms with Gasteiger partial charge in [-0.1, -0.05) is 0 Å². The summed E-state index contributed by atoms with van der Waals surface area (Å²) in [4.78, 5) is 10.5. The molecule has 1 aliphatic heterocycles. The molecule has 0 spiro atoms. The molecule has 0 bridgehead atoms. The second kappa shape index (κ2) is 2.98. The maximum Gasteiger partial charge on any atom is 0.306 e. The summed E-state index contributed by atoms with van der Waals surface area (Å²) in [5.74, 6) is -0.238. The van der Waals surface area contributed by atoms with Crippen molar-refractivity contribution in [2.24, 2.45) is 5.73 Å². The lowest BCUT2D eigenvalue weighted by Gasteiger charge is -2.13. The number of carbonyl (C=O) groups is 1. The number of aliphatic hydroxyl groups is 1. The van der Waals surface area contributed by atoms with Crippen molar-refractivity contribution in [2.75, 3.05) is 6.54 Å². The normalized spacial score (nSPS) is 28.2. The predicted molar refractivity (Wildman–Crippen MR) is 34.2 cm³/mol. The Labute approximate surface area is 59.0 Å². The summed E-state index contributed by atoms with van der Waals surface area (Å²) in [6, 6.07) is 0. The number of hydrogen-bond acceptors (Lipinski definition) is 4. The van der Waals surface area contributed by atoms with Crippen LogP contribution in [0.2, 0.25) is 0 Å². The van der Waals surface area contributed by atoms with Crippen molar-refractivity contribution in [1.82, 2.24) is 0 Å². The number of aliphatic hydroxyl groups excluding tert-OH is 1. The van der Waals surface area contributed by atoms with Crippen LogP contribution in [0.25, 0.3) is 0 Å². The predicted octanol–water partition coefficient (Wildman–Crippen LogP) is -0.988. The molecule has 0 amide bonds. The van der Waals surface area contributed by atoms with E-state index in [0.717, 1.165) is 0 Å². The number of esters is 1. The first-order chi connectivity index (χ1) is 4.74. The summed E-state index contributed by atoms with van der Waals surface area (Å²) in [5.41, 5.74) is 5.16. The minimum atomic E-state index is -0.688. The Morgan fingerprint density at radius 2 is 2.60 bits per heavy atom. The van der Waals surface area contributed by atoms with E-state index in [1.165, 1.54) is 0 Å². The average Bonchev–Trinajstić information content (AvgIpc) is 2.34. The van der Waals surface area contributed by atoms with E-state index in [9.17, 15) is 4.79 Å². The summed E-state index contributed by atoms with van der Waals surface area (Å²) in [5, 5.41) is 9.07. The van der Waals surface area contributed by atoms with Crippen LogP contribution in [0.1, 0.15) is 12.8 Å². The van der Waals surface area contributed by atoms with E-state index >= 15 is 0 Å². The zero-order chi connectivity index (χ0) is 7.56. The standard InChI is InChI=1S/C6H11NO3/c7-3-4(8)5-1-2-6(9)10-5/h4-5,8H,1-3,7H2/t4-,5+/m0/s1. The van der Waals surface area contributed by atoms with Crippen molar-refractivity contribution < 1.29 is 14.6 Å². The van der Waals surface area contributed by atoms with Crippen molar-refractivity contribution >= 4 is 5.97 Å². The molecule has 4 nitrogen and oxygen atoms in total. The van der Waals surface area contributed by atoms with Crippen LogP contribution in [0.4, 0.5) is 0 Å². The van der Waals surface area contributed by atoms with Crippen molar-refractivity contribution in [3.63, 3.8) is 0 Å². The van der Waals surface area contributed by atoms with Crippen LogP contribution in [-0.2, 0) is 9.53 Å². The van der Waals surface area contributed by atoms with Gasteiger partial charge < -0.3 is 15.6 Å². The Hall–Kier alpha value is -0.610. The average molecular weight is 145 g/mol. The van der Waals surface area contributed by atoms with E-state index in [1.54, 1.807) is 0 Å². The molecule has 3 N–H and O–H groups in total. The van der Waals surface area contributed by atoms with Gasteiger partial charge in [0.15, 0.2) is 0 Å². The number of carbonyl (C=O) groups excluding carboxylic acids is 1. The Morgan fingerprint density at radius 1 is 1.90 bits per heavy atom. The Balaban J connectivity index is 2.36. The van der Waals surface area contributed by atoms with E-state index in [-0.39, 0.29) is 18.6 Å². The van der Waals surface area contributed by atoms with Gasteiger partial charge >= 0.3 is 5.97 Å². The van der Waals surface area contributed by atoms with Crippen LogP contribution in [0.5, 0.6) is 0 Å². The number of hydrogen-bond donors (Lipinski definition) is 2. The molecule has 1 fully saturated rings. The molecule has 2 atom stereocenters. The minimum absolute atomic E-state index is 0.151. The molecule has 1 rings (SSSR count). The molecule has 1 heterocycles. The zero-order valence-corrected chi connectivity index (χ0v) is 5.62. The fraction of sp³-hybridized carbons (Fsp3) is 0.833. The van der Waals surface area contributed by atoms with Gasteiger partial charge in [-0.15, -0.1) is 0 Å². The SMILES string of the molecule is NC[C@H](O)[C@H]1CCC(=O)O1. The van der Waals surface area contributed by atoms with Gasteiger partial charge in [-0.2, -0.15) is 0 Å². The van der Waals surface area contributed by atoms with Gasteiger partial charge in [0.2, 0.25) is 0 Å². The lowest BCUT2D eigenvalue weighted by molar-refractivity contribution is -0.145. The fourth-order valence-corrected chi connectivity index (χ4v) is 0.970. The van der Waals surface area contributed by atoms with E-state index in [4.69, 9.17) is 15.6 Å². The smallest absolute Gasteiger partial charge is 0.306 e. The number of cyclic esters (lactones) is 1. The van der Waals surface area contributed by atoms with E-state index in [1.807, 2.05) is 0 Å². The molecule has 0 aromatic carbocycles. The number of ether oxygens (including phenoxy) is 1. The first-order valence-corrected chi connectivity index (χ1v) is 3.31. The van der Waals surface area contributed by atoms with Crippen LogP contribution in [0.15, 0.2) is 0 Å². The summed E-state index contributed by atoms with van der Waals surface area (Å²) < 4.78 is 4.75. The maximum absolute atomic E-state index is 10.5. The van der Waals surface area contributed by atoms with Crippen LogP contribution < -0.4 is 5.73 Å². The van der Waals surface area contributed by atoms with Crippen LogP contribution >= 0.6 is 0 Å². The van der Waals surface area contributed by atoms with E-state index < -0.39 is 6.10 Å². The third-order valence-corrected chi connectivity index (χ3v) is 1.59. The molecule has 0 radical (unpaired) electrons. The van der Waals surface area contributed by atoms with Crippen LogP contribution in [-0.4, -0.2) is 29.8 Å². The Morgan fingerprint density at radius 3 is 3.00 bits per heavy atom. The highest BCUT2D eigenvalue weighted by atomic mass is 16.6. The van der Waals surface area contributed by atoms with Crippen LogP contribution in [0, 0.1) is 0 Å². The number of nitrogens with two attached hydrogens (primary N) is 1. The Kier molecular flexibility index (Phi) is 2.24. The van der Waals surface area contributed by atoms with Crippen molar-refractivity contribution in [2.45, 2.75) is 25.0 Å². The molecule has 0 aliphatic carbocycles. The van der Waals surface area contributed by atoms with Gasteiger partial charge in [0.25, 0.3) is 0 Å². The molecule has 10 heavy (non-hydrogen) atoms. The first-order valence-electron chi connectivity index (χ1n) is 3.31. The highest BCUT2D eigenvalue weighted by molar-refractivity contribution is 5.71. The van der Waals surface area contributed by atoms with Crippen molar-refractivity contribution in [3.8, 4) is 0 Å². The molecular weight excluding hydrogens is 134 g/mol. The summed E-state index contributed by atoms with van der Waals surface area (Å²) in [6.07, 6.45) is -0.0530. The van der Waals surface area contributed by atoms with Crippen molar-refractivity contribution in [1.29, 1.82) is 0 Å². The van der Waals surface area contributed by atoms with Crippen molar-refractivity contribution in [3.05, 3.63) is 0 Å². The highest BCUT2D eigenvalue weighted by Crippen LogP contribution is 2.16. The van der Waals surface area contributed by atoms with Gasteiger partial charge in [-0.3, -0.25) is 4.79 Å². The maximum atomic E-state index is 10.5. The first kappa shape index (κ1) is 7.50. The molecule has 0 saturated carbocycles. The monoisotopic (exact) mass is 145 g/mol. The molecule has 0 aromatic rings. The zero-order valence-electron chi connectivity index (χ0n) is 5.62. The van der Waals surface area contributed by atoms with Gasteiger partial charge in [-0.05, 0) is 6.42 Å². The Bertz CT molecular complexity index is 137. The summed E-state index contributed by atoms with van der Waals surface area (Å²) >= 11 is 0. The third kappa shape index (κ3) is 1.46. The molecule has 1 aliphatic rings. The molecular formula is C6H11NO3. The summed E-state index contributed by atoms with van der Waals surface area (Å²) in [7, 11) is 0. The molecule has 4 heteroatoms. The molecule has 1 saturated heterocycles. The number of rotatable bonds is 2. The third-order valence-electron chi connectivity index (χ3n) is 1.59. The van der Waals surface area contributed by atoms with Gasteiger partial charge in [-0.25, -0.2) is 0 Å². The van der Waals surface area contributed by atoms with Gasteiger partial charge in [0.05, 0.1) is 0 Å². The lowest BCUT2D eigenvalue weighted by Crippen LogP contribution is -2.32. The topological polar surface area (TPSA) is 72.5 Å².